The third-order valence-electron chi connectivity index (χ3n) is 5.91. The van der Waals surface area contributed by atoms with Crippen molar-refractivity contribution in [3.63, 3.8) is 0 Å². The summed E-state index contributed by atoms with van der Waals surface area (Å²) in [5, 5.41) is 14.0. The van der Waals surface area contributed by atoms with E-state index in [0.29, 0.717) is 6.42 Å². The SMILES string of the molecule is O=C(O)CCNC(=O)[C@@H]1CO[C@H](CNC(=O)OCC2c3ccccc3-c3ccccc32)C1. The molecule has 0 radical (unpaired) electrons. The number of carbonyl (C=O) groups is 3. The fraction of sp³-hybridized carbons (Fsp3) is 0.375. The van der Waals surface area contributed by atoms with E-state index in [0.717, 1.165) is 11.1 Å². The Hall–Kier alpha value is -3.39. The summed E-state index contributed by atoms with van der Waals surface area (Å²) in [6.07, 6.45) is -0.468. The Morgan fingerprint density at radius 3 is 2.31 bits per heavy atom. The minimum Gasteiger partial charge on any atom is -0.481 e. The molecule has 2 aromatic rings. The number of hydrogen-bond acceptors (Lipinski definition) is 5. The lowest BCUT2D eigenvalue weighted by atomic mass is 9.98. The van der Waals surface area contributed by atoms with Crippen LogP contribution in [-0.4, -0.2) is 55.5 Å². The molecule has 0 unspecified atom stereocenters. The number of ether oxygens (including phenoxy) is 2. The Bertz CT molecular complexity index is 962. The zero-order valence-electron chi connectivity index (χ0n) is 17.6. The summed E-state index contributed by atoms with van der Waals surface area (Å²) in [5.74, 6) is -1.54. The number of carboxylic acid groups (broad SMARTS) is 1. The Labute approximate surface area is 185 Å². The summed E-state index contributed by atoms with van der Waals surface area (Å²) in [6, 6.07) is 16.3. The third-order valence-corrected chi connectivity index (χ3v) is 5.91. The van der Waals surface area contributed by atoms with Gasteiger partial charge in [-0.2, -0.15) is 0 Å². The molecule has 3 N–H and O–H groups in total. The topological polar surface area (TPSA) is 114 Å². The molecule has 0 bridgehead atoms. The van der Waals surface area contributed by atoms with Crippen molar-refractivity contribution in [2.45, 2.75) is 24.9 Å². The van der Waals surface area contributed by atoms with Gasteiger partial charge in [-0.25, -0.2) is 4.79 Å². The molecule has 2 aliphatic rings. The van der Waals surface area contributed by atoms with Crippen molar-refractivity contribution in [1.82, 2.24) is 10.6 Å². The number of carboxylic acids is 1. The van der Waals surface area contributed by atoms with Crippen LogP contribution in [0, 0.1) is 5.92 Å². The lowest BCUT2D eigenvalue weighted by Gasteiger charge is -2.15. The molecule has 1 heterocycles. The average Bonchev–Trinajstić information content (AvgIpc) is 3.39. The zero-order valence-corrected chi connectivity index (χ0v) is 17.6. The molecule has 2 aromatic carbocycles. The van der Waals surface area contributed by atoms with Gasteiger partial charge in [0.15, 0.2) is 0 Å². The lowest BCUT2D eigenvalue weighted by Crippen LogP contribution is -2.34. The number of aliphatic carboxylic acids is 1. The van der Waals surface area contributed by atoms with E-state index in [1.165, 1.54) is 11.1 Å². The first kappa shape index (κ1) is 21.8. The number of nitrogens with one attached hydrogen (secondary N) is 2. The predicted molar refractivity (Wildman–Crippen MR) is 116 cm³/mol. The summed E-state index contributed by atoms with van der Waals surface area (Å²) < 4.78 is 11.1. The van der Waals surface area contributed by atoms with Crippen molar-refractivity contribution >= 4 is 18.0 Å². The van der Waals surface area contributed by atoms with E-state index in [9.17, 15) is 14.4 Å². The highest BCUT2D eigenvalue weighted by atomic mass is 16.5. The summed E-state index contributed by atoms with van der Waals surface area (Å²) in [6.45, 7) is 0.818. The van der Waals surface area contributed by atoms with Gasteiger partial charge >= 0.3 is 12.1 Å². The Kier molecular flexibility index (Phi) is 6.70. The van der Waals surface area contributed by atoms with Gasteiger partial charge in [0.05, 0.1) is 25.0 Å². The number of hydrogen-bond donors (Lipinski definition) is 3. The second kappa shape index (κ2) is 9.82. The van der Waals surface area contributed by atoms with Crippen LogP contribution in [0.25, 0.3) is 11.1 Å². The quantitative estimate of drug-likeness (QED) is 0.584. The number of carbonyl (C=O) groups excluding carboxylic acids is 2. The van der Waals surface area contributed by atoms with Gasteiger partial charge < -0.3 is 25.2 Å². The largest absolute Gasteiger partial charge is 0.481 e. The summed E-state index contributed by atoms with van der Waals surface area (Å²) in [4.78, 5) is 34.9. The molecular formula is C24H26N2O6. The first-order chi connectivity index (χ1) is 15.5. The van der Waals surface area contributed by atoms with Crippen LogP contribution < -0.4 is 10.6 Å². The number of alkyl carbamates (subject to hydrolysis) is 1. The average molecular weight is 438 g/mol. The normalized spacial score (nSPS) is 19.1. The van der Waals surface area contributed by atoms with Crippen molar-refractivity contribution in [2.24, 2.45) is 5.92 Å². The minimum atomic E-state index is -0.960. The number of benzene rings is 2. The number of rotatable bonds is 8. The van der Waals surface area contributed by atoms with Crippen LogP contribution in [0.3, 0.4) is 0 Å². The minimum absolute atomic E-state index is 0.00485. The highest BCUT2D eigenvalue weighted by Crippen LogP contribution is 2.44. The molecule has 1 aliphatic heterocycles. The molecular weight excluding hydrogens is 412 g/mol. The van der Waals surface area contributed by atoms with Crippen LogP contribution >= 0.6 is 0 Å². The van der Waals surface area contributed by atoms with Crippen LogP contribution in [0.2, 0.25) is 0 Å². The van der Waals surface area contributed by atoms with Gasteiger partial charge in [0.1, 0.15) is 6.61 Å². The Morgan fingerprint density at radius 1 is 1.00 bits per heavy atom. The third kappa shape index (κ3) is 4.91. The van der Waals surface area contributed by atoms with Crippen LogP contribution in [0.5, 0.6) is 0 Å². The maximum atomic E-state index is 12.3. The van der Waals surface area contributed by atoms with Crippen LogP contribution in [-0.2, 0) is 19.1 Å². The number of amides is 2. The van der Waals surface area contributed by atoms with Gasteiger partial charge in [0.25, 0.3) is 0 Å². The molecule has 4 rings (SSSR count). The molecule has 1 aliphatic carbocycles. The second-order valence-corrected chi connectivity index (χ2v) is 8.03. The van der Waals surface area contributed by atoms with E-state index in [-0.39, 0.29) is 56.6 Å². The smallest absolute Gasteiger partial charge is 0.407 e. The van der Waals surface area contributed by atoms with Crippen LogP contribution in [0.4, 0.5) is 4.79 Å². The summed E-state index contributed by atoms with van der Waals surface area (Å²) in [5.41, 5.74) is 4.64. The van der Waals surface area contributed by atoms with Crippen molar-refractivity contribution in [3.05, 3.63) is 59.7 Å². The first-order valence-electron chi connectivity index (χ1n) is 10.7. The molecule has 2 atom stereocenters. The zero-order chi connectivity index (χ0) is 22.5. The van der Waals surface area contributed by atoms with Gasteiger partial charge in [-0.1, -0.05) is 48.5 Å². The molecule has 2 amide bonds. The van der Waals surface area contributed by atoms with E-state index in [1.54, 1.807) is 0 Å². The fourth-order valence-corrected chi connectivity index (χ4v) is 4.31. The fourth-order valence-electron chi connectivity index (χ4n) is 4.31. The molecule has 1 fully saturated rings. The number of fused-ring (bicyclic) bond motifs is 3. The first-order valence-corrected chi connectivity index (χ1v) is 10.7. The second-order valence-electron chi connectivity index (χ2n) is 8.03. The van der Waals surface area contributed by atoms with Gasteiger partial charge in [0.2, 0.25) is 5.91 Å². The molecule has 1 saturated heterocycles. The maximum Gasteiger partial charge on any atom is 0.407 e. The molecule has 8 nitrogen and oxygen atoms in total. The predicted octanol–water partition coefficient (Wildman–Crippen LogP) is 2.52. The van der Waals surface area contributed by atoms with Crippen molar-refractivity contribution < 1.29 is 29.0 Å². The van der Waals surface area contributed by atoms with Crippen molar-refractivity contribution in [3.8, 4) is 11.1 Å². The van der Waals surface area contributed by atoms with E-state index in [1.807, 2.05) is 24.3 Å². The standard InChI is InChI=1S/C24H26N2O6/c27-22(28)9-10-25-23(29)15-11-16(31-13-15)12-26-24(30)32-14-21-19-7-3-1-5-17(19)18-6-2-4-8-20(18)21/h1-8,15-16,21H,9-14H2,(H,25,29)(H,26,30)(H,27,28)/t15-,16-/m0/s1. The van der Waals surface area contributed by atoms with E-state index in [4.69, 9.17) is 14.6 Å². The molecule has 0 saturated carbocycles. The highest BCUT2D eigenvalue weighted by Gasteiger charge is 2.32. The lowest BCUT2D eigenvalue weighted by molar-refractivity contribution is -0.137. The molecule has 8 heteroatoms. The molecule has 0 aromatic heterocycles. The summed E-state index contributed by atoms with van der Waals surface area (Å²) >= 11 is 0. The van der Waals surface area contributed by atoms with E-state index < -0.39 is 12.1 Å². The Morgan fingerprint density at radius 2 is 1.66 bits per heavy atom. The van der Waals surface area contributed by atoms with Gasteiger partial charge in [-0.3, -0.25) is 9.59 Å². The van der Waals surface area contributed by atoms with Gasteiger partial charge in [0, 0.05) is 19.0 Å². The molecule has 168 valence electrons. The van der Waals surface area contributed by atoms with Crippen molar-refractivity contribution in [2.75, 3.05) is 26.3 Å². The Balaban J connectivity index is 1.23. The maximum absolute atomic E-state index is 12.3. The van der Waals surface area contributed by atoms with E-state index in [2.05, 4.69) is 34.9 Å². The monoisotopic (exact) mass is 438 g/mol. The van der Waals surface area contributed by atoms with Gasteiger partial charge in [-0.15, -0.1) is 0 Å². The molecule has 0 spiro atoms. The van der Waals surface area contributed by atoms with Gasteiger partial charge in [-0.05, 0) is 28.7 Å². The van der Waals surface area contributed by atoms with Crippen molar-refractivity contribution in [1.29, 1.82) is 0 Å². The highest BCUT2D eigenvalue weighted by molar-refractivity contribution is 5.80. The van der Waals surface area contributed by atoms with E-state index >= 15 is 0 Å². The summed E-state index contributed by atoms with van der Waals surface area (Å²) in [7, 11) is 0. The van der Waals surface area contributed by atoms with Crippen LogP contribution in [0.1, 0.15) is 29.9 Å². The molecule has 32 heavy (non-hydrogen) atoms. The van der Waals surface area contributed by atoms with Crippen LogP contribution in [0.15, 0.2) is 48.5 Å².